The van der Waals surface area contributed by atoms with Gasteiger partial charge in [-0.05, 0) is 102 Å². The van der Waals surface area contributed by atoms with Crippen molar-refractivity contribution < 1.29 is 5.11 Å². The Kier molecular flexibility index (Phi) is 15.6. The van der Waals surface area contributed by atoms with Crippen LogP contribution in [-0.2, 0) is 0 Å². The van der Waals surface area contributed by atoms with Crippen LogP contribution in [0.3, 0.4) is 0 Å². The normalized spacial score (nSPS) is 10.2. The van der Waals surface area contributed by atoms with Gasteiger partial charge in [-0.1, -0.05) is 47.6 Å². The zero-order valence-electron chi connectivity index (χ0n) is 25.1. The van der Waals surface area contributed by atoms with Crippen LogP contribution in [0.4, 0.5) is 11.4 Å². The van der Waals surface area contributed by atoms with Crippen LogP contribution in [0.2, 0.25) is 15.1 Å². The predicted molar refractivity (Wildman–Crippen MR) is 203 cm³/mol. The lowest BCUT2D eigenvalue weighted by atomic mass is 10.2. The van der Waals surface area contributed by atoms with E-state index in [4.69, 9.17) is 56.4 Å². The molecule has 1 heterocycles. The van der Waals surface area contributed by atoms with Crippen molar-refractivity contribution in [1.29, 1.82) is 21.6 Å². The first-order chi connectivity index (χ1) is 22.5. The summed E-state index contributed by atoms with van der Waals surface area (Å²) in [6.07, 6.45) is 5.34. The molecule has 12 nitrogen and oxygen atoms in total. The number of rotatable bonds is 9. The fraction of sp³-hybridized carbons (Fsp3) is 0.194. The van der Waals surface area contributed by atoms with E-state index < -0.39 is 0 Å². The number of unbranched alkanes of at least 4 members (excludes halogenated alkanes) is 3. The summed E-state index contributed by atoms with van der Waals surface area (Å²) < 4.78 is 0.716. The Hall–Kier alpha value is -4.05. The van der Waals surface area contributed by atoms with E-state index >= 15 is 0 Å². The first-order valence-corrected chi connectivity index (χ1v) is 16.6. The highest BCUT2D eigenvalue weighted by molar-refractivity contribution is 14.1. The molecule has 0 radical (unpaired) electrons. The highest BCUT2D eigenvalue weighted by Gasteiger charge is 2.08. The van der Waals surface area contributed by atoms with E-state index in [2.05, 4.69) is 36.9 Å². The molecule has 0 saturated heterocycles. The van der Waals surface area contributed by atoms with Gasteiger partial charge in [0, 0.05) is 46.1 Å². The number of anilines is 2. The van der Waals surface area contributed by atoms with Crippen molar-refractivity contribution in [1.82, 2.24) is 26.3 Å². The number of phenols is 1. The van der Waals surface area contributed by atoms with Gasteiger partial charge in [0.1, 0.15) is 5.52 Å². The highest BCUT2D eigenvalue weighted by Crippen LogP contribution is 2.33. The summed E-state index contributed by atoms with van der Waals surface area (Å²) in [5.74, 6) is 0.307. The molecule has 248 valence electrons. The fourth-order valence-corrected chi connectivity index (χ4v) is 5.21. The van der Waals surface area contributed by atoms with Gasteiger partial charge in [-0.15, -0.1) is 0 Å². The average molecular weight is 811 g/mol. The number of benzene rings is 3. The number of hydrogen-bond acceptors (Lipinski definition) is 6. The van der Waals surface area contributed by atoms with Crippen LogP contribution < -0.4 is 31.9 Å². The molecule has 0 bridgehead atoms. The van der Waals surface area contributed by atoms with Gasteiger partial charge in [0.25, 0.3) is 0 Å². The minimum Gasteiger partial charge on any atom is -0.505 e. The van der Waals surface area contributed by atoms with Crippen LogP contribution in [0, 0.1) is 25.2 Å². The number of nitrogens with one attached hydrogen (secondary N) is 10. The van der Waals surface area contributed by atoms with E-state index in [0.29, 0.717) is 48.6 Å². The zero-order valence-corrected chi connectivity index (χ0v) is 29.5. The Labute approximate surface area is 301 Å². The molecule has 0 fully saturated rings. The van der Waals surface area contributed by atoms with E-state index in [-0.39, 0.29) is 29.6 Å². The van der Waals surface area contributed by atoms with Crippen molar-refractivity contribution in [2.75, 3.05) is 23.7 Å². The first kappa shape index (κ1) is 37.4. The van der Waals surface area contributed by atoms with Crippen molar-refractivity contribution in [3.8, 4) is 5.75 Å². The van der Waals surface area contributed by atoms with Crippen LogP contribution in [-0.4, -0.2) is 47.0 Å². The van der Waals surface area contributed by atoms with Crippen molar-refractivity contribution >= 4 is 104 Å². The maximum atomic E-state index is 9.65. The third kappa shape index (κ3) is 13.7. The van der Waals surface area contributed by atoms with Gasteiger partial charge in [-0.25, -0.2) is 0 Å². The molecule has 0 amide bonds. The van der Waals surface area contributed by atoms with Gasteiger partial charge in [-0.2, -0.15) is 0 Å². The van der Waals surface area contributed by atoms with Gasteiger partial charge >= 0.3 is 0 Å². The van der Waals surface area contributed by atoms with E-state index in [1.807, 2.05) is 28.7 Å². The Morgan fingerprint density at radius 2 is 1.15 bits per heavy atom. The monoisotopic (exact) mass is 809 g/mol. The second-order valence-electron chi connectivity index (χ2n) is 9.87. The topological polar surface area (TPSA) is 201 Å². The lowest BCUT2D eigenvalue weighted by Gasteiger charge is -2.13. The number of phenolic OH excluding ortho intramolecular Hbond substituents is 1. The molecule has 3 aromatic carbocycles. The summed E-state index contributed by atoms with van der Waals surface area (Å²) in [5, 5.41) is 60.5. The number of fused-ring (bicyclic) bond motifs is 1. The molecule has 0 aliphatic carbocycles. The summed E-state index contributed by atoms with van der Waals surface area (Å²) in [4.78, 5) is 4.06. The molecular formula is C31H35Cl3IN11O. The third-order valence-corrected chi connectivity index (χ3v) is 7.84. The minimum absolute atomic E-state index is 0.00148. The van der Waals surface area contributed by atoms with E-state index in [1.165, 1.54) is 0 Å². The van der Waals surface area contributed by atoms with Gasteiger partial charge in [-0.3, -0.25) is 37.3 Å². The molecule has 0 aliphatic rings. The number of aromatic nitrogens is 1. The van der Waals surface area contributed by atoms with Gasteiger partial charge in [0.2, 0.25) is 0 Å². The SMILES string of the molecule is N=C(NCCCCCCNC(=N)NC(=N)Nc1ccc(Cl)cc1)NC(=N)Nc1ccc(Cl)cc1.Oc1c(I)cc(Cl)c2cccnc12. The summed E-state index contributed by atoms with van der Waals surface area (Å²) in [6, 6.07) is 19.3. The van der Waals surface area contributed by atoms with Crippen LogP contribution >= 0.6 is 57.4 Å². The van der Waals surface area contributed by atoms with Crippen LogP contribution in [0.15, 0.2) is 72.9 Å². The predicted octanol–water partition coefficient (Wildman–Crippen LogP) is 7.37. The largest absolute Gasteiger partial charge is 0.505 e. The van der Waals surface area contributed by atoms with Crippen molar-refractivity contribution in [2.45, 2.75) is 25.7 Å². The Morgan fingerprint density at radius 3 is 1.62 bits per heavy atom. The lowest BCUT2D eigenvalue weighted by Crippen LogP contribution is -2.43. The molecular weight excluding hydrogens is 776 g/mol. The van der Waals surface area contributed by atoms with Crippen molar-refractivity contribution in [2.24, 2.45) is 0 Å². The third-order valence-electron chi connectivity index (χ3n) is 6.20. The number of guanidine groups is 4. The zero-order chi connectivity index (χ0) is 34.2. The maximum Gasteiger partial charge on any atom is 0.199 e. The molecule has 0 spiro atoms. The van der Waals surface area contributed by atoms with Crippen LogP contribution in [0.25, 0.3) is 10.9 Å². The molecule has 1 aromatic heterocycles. The summed E-state index contributed by atoms with van der Waals surface area (Å²) in [5.41, 5.74) is 1.97. The summed E-state index contributed by atoms with van der Waals surface area (Å²) in [7, 11) is 0. The van der Waals surface area contributed by atoms with Crippen LogP contribution in [0.1, 0.15) is 25.7 Å². The molecule has 0 saturated carbocycles. The summed E-state index contributed by atoms with van der Waals surface area (Å²) >= 11 is 19.7. The molecule has 4 rings (SSSR count). The van der Waals surface area contributed by atoms with Crippen molar-refractivity contribution in [3.05, 3.63) is 91.6 Å². The number of halogens is 4. The van der Waals surface area contributed by atoms with E-state index in [0.717, 1.165) is 31.1 Å². The minimum atomic E-state index is -0.00148. The lowest BCUT2D eigenvalue weighted by molar-refractivity contribution is 0.476. The van der Waals surface area contributed by atoms with Crippen LogP contribution in [0.5, 0.6) is 5.75 Å². The molecule has 4 aromatic rings. The standard InChI is InChI=1S/C22H30Cl2N10.C9H5ClINO/c23-15-5-9-17(10-6-15)31-21(27)33-19(25)29-13-3-1-2-4-14-30-20(26)34-22(28)32-18-11-7-16(24)8-12-18;10-6-4-7(11)9(13)8-5(6)2-1-3-12-8/h5-12H,1-4,13-14H2,(H5,25,27,29,31,33)(H5,26,28,30,32,34);1-4,13H. The molecule has 16 heteroatoms. The molecule has 0 atom stereocenters. The Bertz CT molecular complexity index is 1590. The highest BCUT2D eigenvalue weighted by atomic mass is 127. The van der Waals surface area contributed by atoms with E-state index in [1.54, 1.807) is 66.9 Å². The second-order valence-corrected chi connectivity index (χ2v) is 12.3. The molecule has 11 N–H and O–H groups in total. The van der Waals surface area contributed by atoms with Gasteiger partial charge in [0.15, 0.2) is 29.6 Å². The molecule has 0 aliphatic heterocycles. The number of aromatic hydroxyl groups is 1. The van der Waals surface area contributed by atoms with Crippen molar-refractivity contribution in [3.63, 3.8) is 0 Å². The molecule has 0 unspecified atom stereocenters. The number of nitrogens with zero attached hydrogens (tertiary/aromatic N) is 1. The first-order valence-electron chi connectivity index (χ1n) is 14.3. The maximum absolute atomic E-state index is 9.65. The average Bonchev–Trinajstić information content (AvgIpc) is 3.03. The summed E-state index contributed by atoms with van der Waals surface area (Å²) in [6.45, 7) is 1.25. The quantitative estimate of drug-likeness (QED) is 0.0356. The Balaban J connectivity index is 0.000000380. The second kappa shape index (κ2) is 19.6. The number of pyridine rings is 1. The fourth-order valence-electron chi connectivity index (χ4n) is 3.94. The van der Waals surface area contributed by atoms with Gasteiger partial charge < -0.3 is 26.4 Å². The number of hydrogen-bond donors (Lipinski definition) is 11. The Morgan fingerprint density at radius 1 is 0.681 bits per heavy atom. The molecule has 47 heavy (non-hydrogen) atoms. The van der Waals surface area contributed by atoms with Gasteiger partial charge in [0.05, 0.1) is 8.59 Å². The van der Waals surface area contributed by atoms with E-state index in [9.17, 15) is 5.11 Å². The smallest absolute Gasteiger partial charge is 0.199 e.